The Morgan fingerprint density at radius 2 is 1.47 bits per heavy atom. The van der Waals surface area contributed by atoms with Crippen molar-refractivity contribution >= 4 is 39.2 Å². The van der Waals surface area contributed by atoms with Crippen molar-refractivity contribution in [2.75, 3.05) is 23.8 Å². The van der Waals surface area contributed by atoms with Crippen molar-refractivity contribution in [2.45, 2.75) is 25.2 Å². The van der Waals surface area contributed by atoms with Gasteiger partial charge in [-0.25, -0.2) is 13.1 Å². The molecule has 10 heteroatoms. The molecule has 0 aliphatic heterocycles. The molecule has 2 amide bonds. The molecule has 0 aliphatic rings. The normalized spacial score (nSPS) is 10.9. The van der Waals surface area contributed by atoms with Gasteiger partial charge in [0.15, 0.2) is 6.61 Å². The van der Waals surface area contributed by atoms with Gasteiger partial charge in [-0.15, -0.1) is 0 Å². The highest BCUT2D eigenvalue weighted by atomic mass is 32.2. The van der Waals surface area contributed by atoms with E-state index in [-0.39, 0.29) is 23.8 Å². The fraction of sp³-hybridized carbons (Fsp3) is 0.250. The van der Waals surface area contributed by atoms with Crippen molar-refractivity contribution in [2.24, 2.45) is 0 Å². The molecule has 2 aromatic carbocycles. The summed E-state index contributed by atoms with van der Waals surface area (Å²) in [6.07, 6.45) is -0.218. The van der Waals surface area contributed by atoms with Crippen LogP contribution in [0.3, 0.4) is 0 Å². The predicted octanol–water partition coefficient (Wildman–Crippen LogP) is 1.80. The minimum atomic E-state index is -3.72. The standard InChI is InChI=1S/C20H23N3O6S/c1-14-3-9-18(10-4-14)30(27,28)21-12-11-20(26)29-13-19(25)23-17-7-5-16(6-8-17)22-15(2)24/h3-10,21H,11-13H2,1-2H3,(H,22,24)(H,23,25). The number of rotatable bonds is 9. The fourth-order valence-electron chi connectivity index (χ4n) is 2.34. The lowest BCUT2D eigenvalue weighted by Crippen LogP contribution is -2.28. The van der Waals surface area contributed by atoms with Crippen LogP contribution < -0.4 is 15.4 Å². The zero-order chi connectivity index (χ0) is 22.1. The third kappa shape index (κ3) is 7.64. The number of sulfonamides is 1. The Balaban J connectivity index is 1.71. The lowest BCUT2D eigenvalue weighted by Gasteiger charge is -2.09. The second-order valence-electron chi connectivity index (χ2n) is 6.43. The highest BCUT2D eigenvalue weighted by Crippen LogP contribution is 2.13. The van der Waals surface area contributed by atoms with Gasteiger partial charge in [0.25, 0.3) is 5.91 Å². The molecule has 0 bridgehead atoms. The third-order valence-electron chi connectivity index (χ3n) is 3.81. The molecule has 0 radical (unpaired) electrons. The van der Waals surface area contributed by atoms with E-state index >= 15 is 0 Å². The lowest BCUT2D eigenvalue weighted by atomic mass is 10.2. The monoisotopic (exact) mass is 433 g/mol. The molecule has 0 unspecified atom stereocenters. The summed E-state index contributed by atoms with van der Waals surface area (Å²) >= 11 is 0. The van der Waals surface area contributed by atoms with Gasteiger partial charge < -0.3 is 15.4 Å². The number of hydrogen-bond donors (Lipinski definition) is 3. The molecule has 0 aliphatic carbocycles. The molecule has 0 atom stereocenters. The van der Waals surface area contributed by atoms with Gasteiger partial charge in [-0.3, -0.25) is 14.4 Å². The highest BCUT2D eigenvalue weighted by molar-refractivity contribution is 7.89. The quantitative estimate of drug-likeness (QED) is 0.517. The van der Waals surface area contributed by atoms with Gasteiger partial charge in [0, 0.05) is 24.8 Å². The molecule has 2 aromatic rings. The molecule has 30 heavy (non-hydrogen) atoms. The minimum Gasteiger partial charge on any atom is -0.456 e. The molecule has 0 saturated carbocycles. The largest absolute Gasteiger partial charge is 0.456 e. The Labute approximate surface area is 174 Å². The summed E-state index contributed by atoms with van der Waals surface area (Å²) in [6.45, 7) is 2.58. The molecule has 9 nitrogen and oxygen atoms in total. The van der Waals surface area contributed by atoms with E-state index in [1.165, 1.54) is 19.1 Å². The van der Waals surface area contributed by atoms with Crippen LogP contribution in [0.4, 0.5) is 11.4 Å². The van der Waals surface area contributed by atoms with Gasteiger partial charge in [-0.1, -0.05) is 17.7 Å². The number of carbonyl (C=O) groups is 3. The second kappa shape index (κ2) is 10.5. The molecule has 0 spiro atoms. The minimum absolute atomic E-state index is 0.102. The Morgan fingerprint density at radius 1 is 0.900 bits per heavy atom. The van der Waals surface area contributed by atoms with E-state index in [0.29, 0.717) is 11.4 Å². The van der Waals surface area contributed by atoms with Gasteiger partial charge >= 0.3 is 5.97 Å². The second-order valence-corrected chi connectivity index (χ2v) is 8.20. The maximum Gasteiger partial charge on any atom is 0.307 e. The van der Waals surface area contributed by atoms with Crippen LogP contribution >= 0.6 is 0 Å². The van der Waals surface area contributed by atoms with Crippen molar-refractivity contribution in [1.82, 2.24) is 4.72 Å². The molecular formula is C20H23N3O6S. The summed E-state index contributed by atoms with van der Waals surface area (Å²) in [6, 6.07) is 12.7. The van der Waals surface area contributed by atoms with Gasteiger partial charge in [-0.05, 0) is 43.3 Å². The van der Waals surface area contributed by atoms with Crippen molar-refractivity contribution in [3.8, 4) is 0 Å². The van der Waals surface area contributed by atoms with Crippen molar-refractivity contribution < 1.29 is 27.5 Å². The maximum absolute atomic E-state index is 12.1. The van der Waals surface area contributed by atoms with E-state index in [9.17, 15) is 22.8 Å². The Morgan fingerprint density at radius 3 is 2.03 bits per heavy atom. The first-order valence-corrected chi connectivity index (χ1v) is 10.5. The van der Waals surface area contributed by atoms with Crippen LogP contribution in [0.2, 0.25) is 0 Å². The van der Waals surface area contributed by atoms with Gasteiger partial charge in [0.2, 0.25) is 15.9 Å². The summed E-state index contributed by atoms with van der Waals surface area (Å²) < 4.78 is 31.4. The topological polar surface area (TPSA) is 131 Å². The first-order chi connectivity index (χ1) is 14.2. The zero-order valence-corrected chi connectivity index (χ0v) is 17.4. The average Bonchev–Trinajstić information content (AvgIpc) is 2.68. The molecule has 3 N–H and O–H groups in total. The molecule has 0 saturated heterocycles. The number of benzene rings is 2. The summed E-state index contributed by atoms with van der Waals surface area (Å²) in [5.74, 6) is -1.46. The number of ether oxygens (including phenoxy) is 1. The van der Waals surface area contributed by atoms with Crippen LogP contribution in [0.5, 0.6) is 0 Å². The van der Waals surface area contributed by atoms with Gasteiger partial charge in [0.1, 0.15) is 0 Å². The SMILES string of the molecule is CC(=O)Nc1ccc(NC(=O)COC(=O)CCNS(=O)(=O)c2ccc(C)cc2)cc1. The smallest absolute Gasteiger partial charge is 0.307 e. The first-order valence-electron chi connectivity index (χ1n) is 9.05. The number of carbonyl (C=O) groups excluding carboxylic acids is 3. The molecule has 0 aromatic heterocycles. The molecule has 0 heterocycles. The molecular weight excluding hydrogens is 410 g/mol. The van der Waals surface area contributed by atoms with E-state index in [0.717, 1.165) is 5.56 Å². The number of anilines is 2. The zero-order valence-electron chi connectivity index (χ0n) is 16.6. The van der Waals surface area contributed by atoms with Crippen LogP contribution in [-0.4, -0.2) is 39.4 Å². The van der Waals surface area contributed by atoms with Crippen LogP contribution in [0.1, 0.15) is 18.9 Å². The van der Waals surface area contributed by atoms with E-state index in [4.69, 9.17) is 4.74 Å². The van der Waals surface area contributed by atoms with Crippen LogP contribution in [-0.2, 0) is 29.1 Å². The van der Waals surface area contributed by atoms with Gasteiger partial charge in [0.05, 0.1) is 11.3 Å². The molecule has 160 valence electrons. The van der Waals surface area contributed by atoms with Gasteiger partial charge in [-0.2, -0.15) is 0 Å². The van der Waals surface area contributed by atoms with Crippen LogP contribution in [0.15, 0.2) is 53.4 Å². The number of hydrogen-bond acceptors (Lipinski definition) is 6. The fourth-order valence-corrected chi connectivity index (χ4v) is 3.38. The number of nitrogens with one attached hydrogen (secondary N) is 3. The lowest BCUT2D eigenvalue weighted by molar-refractivity contribution is -0.147. The Kier molecular flexibility index (Phi) is 8.07. The van der Waals surface area contributed by atoms with Crippen LogP contribution in [0.25, 0.3) is 0 Å². The first kappa shape index (κ1) is 23.0. The number of esters is 1. The van der Waals surface area contributed by atoms with E-state index < -0.39 is 28.5 Å². The third-order valence-corrected chi connectivity index (χ3v) is 5.28. The van der Waals surface area contributed by atoms with Crippen molar-refractivity contribution in [1.29, 1.82) is 0 Å². The van der Waals surface area contributed by atoms with Crippen molar-refractivity contribution in [3.05, 3.63) is 54.1 Å². The summed E-state index contributed by atoms with van der Waals surface area (Å²) in [5.41, 5.74) is 1.98. The average molecular weight is 433 g/mol. The summed E-state index contributed by atoms with van der Waals surface area (Å²) in [4.78, 5) is 34.7. The highest BCUT2D eigenvalue weighted by Gasteiger charge is 2.15. The van der Waals surface area contributed by atoms with E-state index in [2.05, 4.69) is 15.4 Å². The molecule has 2 rings (SSSR count). The maximum atomic E-state index is 12.1. The molecule has 0 fully saturated rings. The van der Waals surface area contributed by atoms with Crippen LogP contribution in [0, 0.1) is 6.92 Å². The Bertz CT molecular complexity index is 1000. The van der Waals surface area contributed by atoms with E-state index in [1.54, 1.807) is 36.4 Å². The number of amides is 2. The van der Waals surface area contributed by atoms with E-state index in [1.807, 2.05) is 6.92 Å². The number of aryl methyl sites for hydroxylation is 1. The summed E-state index contributed by atoms with van der Waals surface area (Å²) in [7, 11) is -3.72. The predicted molar refractivity (Wildman–Crippen MR) is 111 cm³/mol. The van der Waals surface area contributed by atoms with Crippen molar-refractivity contribution in [3.63, 3.8) is 0 Å². The summed E-state index contributed by atoms with van der Waals surface area (Å²) in [5, 5.41) is 5.14. The Hall–Kier alpha value is -3.24.